The highest BCUT2D eigenvalue weighted by Gasteiger charge is 2.07. The normalized spacial score (nSPS) is 15.1. The fourth-order valence-electron chi connectivity index (χ4n) is 1.51. The first-order valence-corrected chi connectivity index (χ1v) is 5.73. The summed E-state index contributed by atoms with van der Waals surface area (Å²) in [4.78, 5) is 10.7. The first-order valence-electron chi connectivity index (χ1n) is 5.73. The Bertz CT molecular complexity index is 154. The molecule has 0 aromatic heterocycles. The zero-order chi connectivity index (χ0) is 11.0. The van der Waals surface area contributed by atoms with E-state index in [-0.39, 0.29) is 5.78 Å². The van der Waals surface area contributed by atoms with Crippen LogP contribution >= 0.6 is 0 Å². The third-order valence-electron chi connectivity index (χ3n) is 2.70. The third kappa shape index (κ3) is 8.24. The van der Waals surface area contributed by atoms with Gasteiger partial charge in [0.15, 0.2) is 0 Å². The molecule has 2 atom stereocenters. The minimum atomic E-state index is -0.413. The average molecular weight is 200 g/mol. The van der Waals surface area contributed by atoms with Crippen molar-refractivity contribution in [2.75, 3.05) is 0 Å². The number of ketones is 1. The Morgan fingerprint density at radius 1 is 1.29 bits per heavy atom. The van der Waals surface area contributed by atoms with Crippen LogP contribution in [0.25, 0.3) is 0 Å². The first-order chi connectivity index (χ1) is 6.56. The highest BCUT2D eigenvalue weighted by Crippen LogP contribution is 2.13. The van der Waals surface area contributed by atoms with Gasteiger partial charge >= 0.3 is 0 Å². The van der Waals surface area contributed by atoms with Crippen LogP contribution in [0.5, 0.6) is 0 Å². The molecule has 0 spiro atoms. The van der Waals surface area contributed by atoms with Crippen molar-refractivity contribution < 1.29 is 9.90 Å². The number of rotatable bonds is 8. The zero-order valence-electron chi connectivity index (χ0n) is 9.75. The number of unbranched alkanes of at least 4 members (excludes halogenated alkanes) is 1. The number of aliphatic hydroxyl groups is 1. The summed E-state index contributed by atoms with van der Waals surface area (Å²) in [5.74, 6) is 0.874. The second-order valence-corrected chi connectivity index (χ2v) is 4.36. The Morgan fingerprint density at radius 3 is 2.36 bits per heavy atom. The summed E-state index contributed by atoms with van der Waals surface area (Å²) in [6.07, 6.45) is 5.37. The maximum Gasteiger partial charge on any atom is 0.132 e. The van der Waals surface area contributed by atoms with E-state index in [4.69, 9.17) is 0 Å². The molecule has 0 amide bonds. The molecule has 0 aromatic carbocycles. The number of hydrogen-bond acceptors (Lipinski definition) is 2. The largest absolute Gasteiger partial charge is 0.393 e. The second kappa shape index (κ2) is 7.98. The van der Waals surface area contributed by atoms with E-state index in [0.29, 0.717) is 6.42 Å². The summed E-state index contributed by atoms with van der Waals surface area (Å²) in [6, 6.07) is 0. The van der Waals surface area contributed by atoms with Crippen molar-refractivity contribution in [3.05, 3.63) is 0 Å². The molecule has 0 fully saturated rings. The van der Waals surface area contributed by atoms with Crippen LogP contribution in [-0.2, 0) is 4.79 Å². The van der Waals surface area contributed by atoms with Gasteiger partial charge in [0.1, 0.15) is 5.78 Å². The van der Waals surface area contributed by atoms with E-state index in [9.17, 15) is 9.90 Å². The molecule has 2 nitrogen and oxygen atoms in total. The predicted octanol–water partition coefficient (Wildman–Crippen LogP) is 2.93. The van der Waals surface area contributed by atoms with Crippen LogP contribution in [-0.4, -0.2) is 17.0 Å². The van der Waals surface area contributed by atoms with E-state index in [1.807, 2.05) is 0 Å². The quantitative estimate of drug-likeness (QED) is 0.612. The molecule has 0 radical (unpaired) electrons. The van der Waals surface area contributed by atoms with Gasteiger partial charge in [0, 0.05) is 6.42 Å². The van der Waals surface area contributed by atoms with Crippen LogP contribution in [0.4, 0.5) is 0 Å². The lowest BCUT2D eigenvalue weighted by Crippen LogP contribution is -2.11. The van der Waals surface area contributed by atoms with Gasteiger partial charge in [-0.3, -0.25) is 4.79 Å². The summed E-state index contributed by atoms with van der Waals surface area (Å²) >= 11 is 0. The smallest absolute Gasteiger partial charge is 0.132 e. The lowest BCUT2D eigenvalue weighted by atomic mass is 9.99. The van der Waals surface area contributed by atoms with Crippen molar-refractivity contribution in [2.24, 2.45) is 5.92 Å². The SMILES string of the molecule is CC[C@H](C)CCCC[C@@H](O)CC(C)=O. The van der Waals surface area contributed by atoms with Gasteiger partial charge in [0.2, 0.25) is 0 Å². The monoisotopic (exact) mass is 200 g/mol. The number of carbonyl (C=O) groups excluding carboxylic acids is 1. The number of Topliss-reactive ketones (excluding diaryl/α,β-unsaturated/α-hetero) is 1. The molecule has 0 unspecified atom stereocenters. The molecule has 2 heteroatoms. The predicted molar refractivity (Wildman–Crippen MR) is 59.2 cm³/mol. The van der Waals surface area contributed by atoms with Gasteiger partial charge in [-0.15, -0.1) is 0 Å². The van der Waals surface area contributed by atoms with Crippen LogP contribution in [0.1, 0.15) is 59.3 Å². The number of carbonyl (C=O) groups is 1. The lowest BCUT2D eigenvalue weighted by molar-refractivity contribution is -0.118. The van der Waals surface area contributed by atoms with E-state index in [1.54, 1.807) is 0 Å². The highest BCUT2D eigenvalue weighted by molar-refractivity contribution is 5.75. The standard InChI is InChI=1S/C12H24O2/c1-4-10(2)7-5-6-8-12(14)9-11(3)13/h10,12,14H,4-9H2,1-3H3/t10-,12+/m0/s1. The fourth-order valence-corrected chi connectivity index (χ4v) is 1.51. The minimum absolute atomic E-state index is 0.0828. The molecule has 0 heterocycles. The van der Waals surface area contributed by atoms with Crippen molar-refractivity contribution in [1.82, 2.24) is 0 Å². The van der Waals surface area contributed by atoms with Gasteiger partial charge in [0.05, 0.1) is 6.10 Å². The summed E-state index contributed by atoms with van der Waals surface area (Å²) in [5, 5.41) is 9.42. The van der Waals surface area contributed by atoms with Crippen molar-refractivity contribution in [3.8, 4) is 0 Å². The average Bonchev–Trinajstić information content (AvgIpc) is 2.10. The Morgan fingerprint density at radius 2 is 1.86 bits per heavy atom. The molecule has 0 bridgehead atoms. The summed E-state index contributed by atoms with van der Waals surface area (Å²) in [5.41, 5.74) is 0. The van der Waals surface area contributed by atoms with Crippen molar-refractivity contribution in [2.45, 2.75) is 65.4 Å². The maximum atomic E-state index is 10.7. The molecule has 0 aliphatic heterocycles. The van der Waals surface area contributed by atoms with Crippen LogP contribution in [0.2, 0.25) is 0 Å². The molecule has 0 saturated carbocycles. The van der Waals surface area contributed by atoms with E-state index in [0.717, 1.165) is 18.8 Å². The molecular weight excluding hydrogens is 176 g/mol. The topological polar surface area (TPSA) is 37.3 Å². The highest BCUT2D eigenvalue weighted by atomic mass is 16.3. The van der Waals surface area contributed by atoms with Gasteiger partial charge in [-0.05, 0) is 19.3 Å². The molecular formula is C12H24O2. The van der Waals surface area contributed by atoms with Crippen LogP contribution < -0.4 is 0 Å². The number of hydrogen-bond donors (Lipinski definition) is 1. The Hall–Kier alpha value is -0.370. The van der Waals surface area contributed by atoms with Crippen molar-refractivity contribution in [3.63, 3.8) is 0 Å². The van der Waals surface area contributed by atoms with Gasteiger partial charge < -0.3 is 5.11 Å². The molecule has 1 N–H and O–H groups in total. The Kier molecular flexibility index (Phi) is 7.77. The van der Waals surface area contributed by atoms with Crippen LogP contribution in [0.15, 0.2) is 0 Å². The van der Waals surface area contributed by atoms with E-state index in [1.165, 1.54) is 26.2 Å². The molecule has 0 saturated heterocycles. The van der Waals surface area contributed by atoms with Crippen LogP contribution in [0.3, 0.4) is 0 Å². The Labute approximate surface area is 87.7 Å². The summed E-state index contributed by atoms with van der Waals surface area (Å²) < 4.78 is 0. The zero-order valence-corrected chi connectivity index (χ0v) is 9.75. The molecule has 14 heavy (non-hydrogen) atoms. The molecule has 0 rings (SSSR count). The van der Waals surface area contributed by atoms with Crippen LogP contribution in [0, 0.1) is 5.92 Å². The van der Waals surface area contributed by atoms with Gasteiger partial charge in [-0.25, -0.2) is 0 Å². The second-order valence-electron chi connectivity index (χ2n) is 4.36. The summed E-state index contributed by atoms with van der Waals surface area (Å²) in [6.45, 7) is 5.99. The molecule has 0 aliphatic rings. The Balaban J connectivity index is 3.31. The first kappa shape index (κ1) is 13.6. The number of aliphatic hydroxyl groups excluding tert-OH is 1. The van der Waals surface area contributed by atoms with E-state index >= 15 is 0 Å². The molecule has 0 aromatic rings. The molecule has 84 valence electrons. The van der Waals surface area contributed by atoms with Gasteiger partial charge in [0.25, 0.3) is 0 Å². The fraction of sp³-hybridized carbons (Fsp3) is 0.917. The van der Waals surface area contributed by atoms with Crippen molar-refractivity contribution >= 4 is 5.78 Å². The minimum Gasteiger partial charge on any atom is -0.393 e. The third-order valence-corrected chi connectivity index (χ3v) is 2.70. The van der Waals surface area contributed by atoms with E-state index < -0.39 is 6.10 Å². The van der Waals surface area contributed by atoms with E-state index in [2.05, 4.69) is 13.8 Å². The van der Waals surface area contributed by atoms with Gasteiger partial charge in [-0.1, -0.05) is 39.5 Å². The van der Waals surface area contributed by atoms with Gasteiger partial charge in [-0.2, -0.15) is 0 Å². The van der Waals surface area contributed by atoms with Crippen molar-refractivity contribution in [1.29, 1.82) is 0 Å². The lowest BCUT2D eigenvalue weighted by Gasteiger charge is -2.10. The molecule has 0 aliphatic carbocycles. The summed E-state index contributed by atoms with van der Waals surface area (Å²) in [7, 11) is 0. The maximum absolute atomic E-state index is 10.7.